The Bertz CT molecular complexity index is 633. The molecule has 1 aromatic carbocycles. The predicted octanol–water partition coefficient (Wildman–Crippen LogP) is 0.186. The number of hydrogen-bond donors (Lipinski definition) is 2. The van der Waals surface area contributed by atoms with E-state index < -0.39 is 12.0 Å². The van der Waals surface area contributed by atoms with E-state index in [1.165, 1.54) is 0 Å². The van der Waals surface area contributed by atoms with Gasteiger partial charge in [-0.3, -0.25) is 9.59 Å². The van der Waals surface area contributed by atoms with E-state index in [1.807, 2.05) is 13.0 Å². The van der Waals surface area contributed by atoms with Gasteiger partial charge >= 0.3 is 0 Å². The highest BCUT2D eigenvalue weighted by Gasteiger charge is 2.33. The molecule has 0 aromatic heterocycles. The van der Waals surface area contributed by atoms with Gasteiger partial charge in [0.05, 0.1) is 12.2 Å². The highest BCUT2D eigenvalue weighted by molar-refractivity contribution is 6.07. The van der Waals surface area contributed by atoms with Crippen LogP contribution in [-0.2, 0) is 9.59 Å². The Balaban J connectivity index is 1.96. The largest absolute Gasteiger partial charge is 0.477 e. The van der Waals surface area contributed by atoms with E-state index in [0.717, 1.165) is 18.7 Å². The molecule has 2 aliphatic heterocycles. The lowest BCUT2D eigenvalue weighted by Gasteiger charge is -2.34. The van der Waals surface area contributed by atoms with Crippen LogP contribution in [0.2, 0.25) is 0 Å². The summed E-state index contributed by atoms with van der Waals surface area (Å²) in [6.45, 7) is 3.44. The molecule has 6 heteroatoms. The van der Waals surface area contributed by atoms with Gasteiger partial charge < -0.3 is 20.7 Å². The van der Waals surface area contributed by atoms with Gasteiger partial charge in [0.15, 0.2) is 6.10 Å². The van der Waals surface area contributed by atoms with Crippen molar-refractivity contribution >= 4 is 17.5 Å². The van der Waals surface area contributed by atoms with Crippen molar-refractivity contribution in [1.29, 1.82) is 0 Å². The third-order valence-corrected chi connectivity index (χ3v) is 3.86. The van der Waals surface area contributed by atoms with Gasteiger partial charge in [-0.25, -0.2) is 0 Å². The van der Waals surface area contributed by atoms with Crippen LogP contribution in [0.3, 0.4) is 0 Å². The van der Waals surface area contributed by atoms with E-state index in [2.05, 4.69) is 5.32 Å². The molecule has 0 aliphatic carbocycles. The molecule has 21 heavy (non-hydrogen) atoms. The zero-order valence-electron chi connectivity index (χ0n) is 11.8. The minimum atomic E-state index is -0.818. The first kappa shape index (κ1) is 13.6. The number of nitrogens with one attached hydrogen (secondary N) is 1. The minimum absolute atomic E-state index is 0.103. The van der Waals surface area contributed by atoms with E-state index >= 15 is 0 Å². The number of nitrogens with zero attached hydrogens (tertiary/aromatic N) is 1. The fraction of sp³-hybridized carbons (Fsp3) is 0.333. The van der Waals surface area contributed by atoms with Gasteiger partial charge in [0, 0.05) is 18.7 Å². The Kier molecular flexibility index (Phi) is 3.39. The van der Waals surface area contributed by atoms with Gasteiger partial charge in [-0.15, -0.1) is 0 Å². The monoisotopic (exact) mass is 287 g/mol. The summed E-state index contributed by atoms with van der Waals surface area (Å²) in [6.07, 6.45) is -0.818. The number of ether oxygens (including phenoxy) is 1. The number of nitrogens with two attached hydrogens (primary N) is 1. The summed E-state index contributed by atoms with van der Waals surface area (Å²) < 4.78 is 5.56. The first-order valence-corrected chi connectivity index (χ1v) is 6.84. The number of carbonyl (C=O) groups excluding carboxylic acids is 2. The number of hydrogen-bond acceptors (Lipinski definition) is 4. The van der Waals surface area contributed by atoms with Crippen molar-refractivity contribution in [1.82, 2.24) is 5.32 Å². The molecule has 1 saturated heterocycles. The van der Waals surface area contributed by atoms with Crippen LogP contribution in [0.15, 0.2) is 35.4 Å². The topological polar surface area (TPSA) is 84.7 Å². The second-order valence-electron chi connectivity index (χ2n) is 5.22. The SMILES string of the molecule is CC(C(=O)N1CC(C(N)=O)Oc2ccccc21)=C1CNC1. The van der Waals surface area contributed by atoms with E-state index in [9.17, 15) is 9.59 Å². The quantitative estimate of drug-likeness (QED) is 0.760. The summed E-state index contributed by atoms with van der Waals surface area (Å²) in [5.74, 6) is -0.170. The van der Waals surface area contributed by atoms with Crippen molar-refractivity contribution in [3.05, 3.63) is 35.4 Å². The van der Waals surface area contributed by atoms with E-state index in [0.29, 0.717) is 17.0 Å². The van der Waals surface area contributed by atoms with Gasteiger partial charge in [-0.1, -0.05) is 12.1 Å². The highest BCUT2D eigenvalue weighted by Crippen LogP contribution is 2.34. The molecule has 2 amide bonds. The highest BCUT2D eigenvalue weighted by atomic mass is 16.5. The molecule has 110 valence electrons. The third-order valence-electron chi connectivity index (χ3n) is 3.86. The molecule has 0 spiro atoms. The predicted molar refractivity (Wildman–Crippen MR) is 78.0 cm³/mol. The molecule has 1 aromatic rings. The van der Waals surface area contributed by atoms with Crippen molar-refractivity contribution in [2.75, 3.05) is 24.5 Å². The van der Waals surface area contributed by atoms with Crippen molar-refractivity contribution in [2.24, 2.45) is 5.73 Å². The molecule has 2 heterocycles. The average molecular weight is 287 g/mol. The Morgan fingerprint density at radius 3 is 2.67 bits per heavy atom. The first-order valence-electron chi connectivity index (χ1n) is 6.84. The maximum absolute atomic E-state index is 12.7. The van der Waals surface area contributed by atoms with Crippen molar-refractivity contribution in [3.8, 4) is 5.75 Å². The van der Waals surface area contributed by atoms with E-state index in [1.54, 1.807) is 23.1 Å². The number of amides is 2. The fourth-order valence-corrected chi connectivity index (χ4v) is 2.44. The van der Waals surface area contributed by atoms with E-state index in [4.69, 9.17) is 10.5 Å². The lowest BCUT2D eigenvalue weighted by atomic mass is 10.0. The lowest BCUT2D eigenvalue weighted by Crippen LogP contribution is -2.50. The molecule has 0 radical (unpaired) electrons. The molecule has 3 rings (SSSR count). The minimum Gasteiger partial charge on any atom is -0.477 e. The maximum atomic E-state index is 12.7. The molecule has 1 fully saturated rings. The average Bonchev–Trinajstić information content (AvgIpc) is 2.43. The van der Waals surface area contributed by atoms with E-state index in [-0.39, 0.29) is 12.5 Å². The van der Waals surface area contributed by atoms with Crippen LogP contribution in [0.4, 0.5) is 5.69 Å². The van der Waals surface area contributed by atoms with Crippen LogP contribution in [0.25, 0.3) is 0 Å². The summed E-state index contributed by atoms with van der Waals surface area (Å²) in [5.41, 5.74) is 7.82. The molecule has 0 bridgehead atoms. The summed E-state index contributed by atoms with van der Waals surface area (Å²) in [6, 6.07) is 7.17. The first-order chi connectivity index (χ1) is 10.1. The Hall–Kier alpha value is -2.34. The zero-order chi connectivity index (χ0) is 15.0. The number of para-hydroxylation sites is 2. The smallest absolute Gasteiger partial charge is 0.260 e. The second kappa shape index (κ2) is 5.21. The molecule has 2 aliphatic rings. The number of benzene rings is 1. The summed E-state index contributed by atoms with van der Waals surface area (Å²) >= 11 is 0. The van der Waals surface area contributed by atoms with Gasteiger partial charge in [0.1, 0.15) is 5.75 Å². The molecular weight excluding hydrogens is 270 g/mol. The van der Waals surface area contributed by atoms with Gasteiger partial charge in [0.25, 0.3) is 11.8 Å². The van der Waals surface area contributed by atoms with Crippen LogP contribution >= 0.6 is 0 Å². The zero-order valence-corrected chi connectivity index (χ0v) is 11.8. The Morgan fingerprint density at radius 1 is 1.33 bits per heavy atom. The summed E-state index contributed by atoms with van der Waals surface area (Å²) in [5, 5.41) is 3.12. The Morgan fingerprint density at radius 2 is 2.05 bits per heavy atom. The van der Waals surface area contributed by atoms with Crippen LogP contribution in [0, 0.1) is 0 Å². The normalized spacial score (nSPS) is 20.1. The van der Waals surface area contributed by atoms with Gasteiger partial charge in [0.2, 0.25) is 0 Å². The number of rotatable bonds is 2. The summed E-state index contributed by atoms with van der Waals surface area (Å²) in [4.78, 5) is 25.7. The van der Waals surface area contributed by atoms with Crippen LogP contribution in [0.5, 0.6) is 5.75 Å². The maximum Gasteiger partial charge on any atom is 0.260 e. The fourth-order valence-electron chi connectivity index (χ4n) is 2.44. The lowest BCUT2D eigenvalue weighted by molar-refractivity contribution is -0.125. The standard InChI is InChI=1S/C15H17N3O3/c1-9(10-6-17-7-10)15(20)18-8-13(14(16)19)21-12-5-3-2-4-11(12)18/h2-5,13,17H,6-8H2,1H3,(H2,16,19). The van der Waals surface area contributed by atoms with Crippen LogP contribution in [-0.4, -0.2) is 37.6 Å². The number of anilines is 1. The molecule has 6 nitrogen and oxygen atoms in total. The molecule has 0 saturated carbocycles. The number of fused-ring (bicyclic) bond motifs is 1. The number of primary amides is 1. The molecule has 1 unspecified atom stereocenters. The number of carbonyl (C=O) groups is 2. The van der Waals surface area contributed by atoms with Crippen LogP contribution < -0.4 is 20.7 Å². The molecule has 1 atom stereocenters. The van der Waals surface area contributed by atoms with Crippen molar-refractivity contribution < 1.29 is 14.3 Å². The summed E-state index contributed by atoms with van der Waals surface area (Å²) in [7, 11) is 0. The third kappa shape index (κ3) is 2.38. The molecular formula is C15H17N3O3. The van der Waals surface area contributed by atoms with Crippen LogP contribution in [0.1, 0.15) is 6.92 Å². The second-order valence-corrected chi connectivity index (χ2v) is 5.22. The molecule has 3 N–H and O–H groups in total. The van der Waals surface area contributed by atoms with Crippen molar-refractivity contribution in [3.63, 3.8) is 0 Å². The van der Waals surface area contributed by atoms with Gasteiger partial charge in [-0.05, 0) is 24.6 Å². The Labute approximate surface area is 122 Å². The van der Waals surface area contributed by atoms with Crippen molar-refractivity contribution in [2.45, 2.75) is 13.0 Å². The van der Waals surface area contributed by atoms with Gasteiger partial charge in [-0.2, -0.15) is 0 Å².